The average Bonchev–Trinajstić information content (AvgIpc) is 3.36. The second-order valence-electron chi connectivity index (χ2n) is 9.77. The number of likely N-dealkylation sites (tertiary alicyclic amines) is 1. The van der Waals surface area contributed by atoms with Crippen molar-refractivity contribution in [2.24, 2.45) is 11.8 Å². The van der Waals surface area contributed by atoms with Crippen LogP contribution in [0.5, 0.6) is 0 Å². The molecular formula is C29H31BrN4O2. The van der Waals surface area contributed by atoms with Crippen molar-refractivity contribution in [1.29, 1.82) is 0 Å². The van der Waals surface area contributed by atoms with Crippen molar-refractivity contribution in [3.63, 3.8) is 0 Å². The van der Waals surface area contributed by atoms with Crippen LogP contribution in [0.3, 0.4) is 0 Å². The van der Waals surface area contributed by atoms with Gasteiger partial charge < -0.3 is 9.84 Å². The quantitative estimate of drug-likeness (QED) is 0.299. The van der Waals surface area contributed by atoms with Crippen LogP contribution in [0, 0.1) is 11.8 Å². The lowest BCUT2D eigenvalue weighted by Crippen LogP contribution is -2.41. The van der Waals surface area contributed by atoms with E-state index in [9.17, 15) is 4.79 Å². The molecule has 36 heavy (non-hydrogen) atoms. The van der Waals surface area contributed by atoms with Gasteiger partial charge in [0, 0.05) is 22.5 Å². The molecule has 186 valence electrons. The summed E-state index contributed by atoms with van der Waals surface area (Å²) < 4.78 is 6.46. The molecule has 1 saturated heterocycles. The maximum atomic E-state index is 12.8. The molecule has 0 bridgehead atoms. The Kier molecular flexibility index (Phi) is 7.78. The number of piperidine rings is 1. The van der Waals surface area contributed by atoms with Gasteiger partial charge in [-0.15, -0.1) is 0 Å². The molecule has 1 unspecified atom stereocenters. The molecule has 0 aliphatic carbocycles. The summed E-state index contributed by atoms with van der Waals surface area (Å²) in [6, 6.07) is 22.8. The van der Waals surface area contributed by atoms with E-state index in [0.717, 1.165) is 42.4 Å². The second-order valence-corrected chi connectivity index (χ2v) is 10.7. The van der Waals surface area contributed by atoms with Crippen molar-refractivity contribution >= 4 is 32.6 Å². The van der Waals surface area contributed by atoms with Gasteiger partial charge >= 0.3 is 0 Å². The lowest BCUT2D eigenvalue weighted by Gasteiger charge is -2.30. The van der Waals surface area contributed by atoms with Crippen LogP contribution in [0.15, 0.2) is 75.7 Å². The molecular weight excluding hydrogens is 516 g/mol. The number of benzene rings is 3. The number of nitrogens with one attached hydrogen (secondary N) is 1. The van der Waals surface area contributed by atoms with Crippen LogP contribution >= 0.6 is 15.9 Å². The molecule has 1 aliphatic heterocycles. The highest BCUT2D eigenvalue weighted by Crippen LogP contribution is 2.24. The zero-order chi connectivity index (χ0) is 24.9. The summed E-state index contributed by atoms with van der Waals surface area (Å²) in [5.74, 6) is 1.81. The topological polar surface area (TPSA) is 71.3 Å². The van der Waals surface area contributed by atoms with Crippen LogP contribution in [0.1, 0.15) is 31.2 Å². The Morgan fingerprint density at radius 2 is 1.89 bits per heavy atom. The van der Waals surface area contributed by atoms with Crippen LogP contribution in [-0.4, -0.2) is 40.6 Å². The molecule has 1 atom stereocenters. The molecule has 0 radical (unpaired) electrons. The molecule has 7 heteroatoms. The standard InChI is InChI=1S/C29H31BrN4O2/c1-20(16-23-8-4-7-21-6-2-3-11-26(21)23)18-31-29(35)22-12-14-34(15-13-22)19-27-32-28(33-36-27)24-9-5-10-25(30)17-24/h2-11,17,20,22H,12-16,18-19H2,1H3,(H,31,35). The first-order valence-electron chi connectivity index (χ1n) is 12.6. The first-order chi connectivity index (χ1) is 17.5. The number of hydrogen-bond acceptors (Lipinski definition) is 5. The third-order valence-corrected chi connectivity index (χ3v) is 7.43. The fourth-order valence-corrected chi connectivity index (χ4v) is 5.34. The number of hydrogen-bond donors (Lipinski definition) is 1. The summed E-state index contributed by atoms with van der Waals surface area (Å²) in [5.41, 5.74) is 2.26. The molecule has 1 N–H and O–H groups in total. The Morgan fingerprint density at radius 3 is 2.72 bits per heavy atom. The number of halogens is 1. The Labute approximate surface area is 220 Å². The third kappa shape index (κ3) is 6.02. The zero-order valence-corrected chi connectivity index (χ0v) is 22.1. The van der Waals surface area contributed by atoms with Crippen molar-refractivity contribution in [2.45, 2.75) is 32.7 Å². The third-order valence-electron chi connectivity index (χ3n) is 6.94. The minimum absolute atomic E-state index is 0.0610. The van der Waals surface area contributed by atoms with Crippen LogP contribution in [0.2, 0.25) is 0 Å². The maximum Gasteiger partial charge on any atom is 0.241 e. The van der Waals surface area contributed by atoms with Crippen LogP contribution in [0.4, 0.5) is 0 Å². The predicted octanol–water partition coefficient (Wildman–Crippen LogP) is 5.86. The molecule has 1 aromatic heterocycles. The van der Waals surface area contributed by atoms with Crippen LogP contribution in [-0.2, 0) is 17.8 Å². The van der Waals surface area contributed by atoms with E-state index < -0.39 is 0 Å². The zero-order valence-electron chi connectivity index (χ0n) is 20.5. The largest absolute Gasteiger partial charge is 0.356 e. The van der Waals surface area contributed by atoms with Gasteiger partial charge in [0.25, 0.3) is 0 Å². The lowest BCUT2D eigenvalue weighted by molar-refractivity contribution is -0.126. The fourth-order valence-electron chi connectivity index (χ4n) is 4.95. The molecule has 1 amide bonds. The van der Waals surface area contributed by atoms with E-state index in [1.165, 1.54) is 16.3 Å². The summed E-state index contributed by atoms with van der Waals surface area (Å²) in [7, 11) is 0. The molecule has 2 heterocycles. The molecule has 1 fully saturated rings. The van der Waals surface area contributed by atoms with Crippen molar-refractivity contribution in [3.8, 4) is 11.4 Å². The van der Waals surface area contributed by atoms with E-state index >= 15 is 0 Å². The number of carbonyl (C=O) groups is 1. The van der Waals surface area contributed by atoms with E-state index in [0.29, 0.717) is 30.7 Å². The molecule has 0 saturated carbocycles. The van der Waals surface area contributed by atoms with Gasteiger partial charge in [-0.2, -0.15) is 4.98 Å². The molecule has 6 nitrogen and oxygen atoms in total. The lowest BCUT2D eigenvalue weighted by atomic mass is 9.94. The monoisotopic (exact) mass is 546 g/mol. The van der Waals surface area contributed by atoms with Gasteiger partial charge in [-0.3, -0.25) is 9.69 Å². The number of rotatable bonds is 8. The van der Waals surface area contributed by atoms with Crippen LogP contribution in [0.25, 0.3) is 22.2 Å². The number of carbonyl (C=O) groups excluding carboxylic acids is 1. The number of fused-ring (bicyclic) bond motifs is 1. The van der Waals surface area contributed by atoms with Crippen molar-refractivity contribution in [3.05, 3.63) is 82.7 Å². The summed E-state index contributed by atoms with van der Waals surface area (Å²) >= 11 is 3.48. The Bertz CT molecular complexity index is 1320. The van der Waals surface area contributed by atoms with Crippen LogP contribution < -0.4 is 5.32 Å². The van der Waals surface area contributed by atoms with Crippen molar-refractivity contribution in [1.82, 2.24) is 20.4 Å². The Hall–Kier alpha value is -3.03. The van der Waals surface area contributed by atoms with Gasteiger partial charge in [-0.1, -0.05) is 82.6 Å². The highest BCUT2D eigenvalue weighted by Gasteiger charge is 2.26. The van der Waals surface area contributed by atoms with E-state index in [1.807, 2.05) is 24.3 Å². The predicted molar refractivity (Wildman–Crippen MR) is 145 cm³/mol. The Balaban J connectivity index is 1.07. The van der Waals surface area contributed by atoms with Gasteiger partial charge in [-0.25, -0.2) is 0 Å². The molecule has 5 rings (SSSR count). The summed E-state index contributed by atoms with van der Waals surface area (Å²) in [6.07, 6.45) is 2.64. The number of nitrogens with zero attached hydrogens (tertiary/aromatic N) is 3. The number of amides is 1. The van der Waals surface area contributed by atoms with Crippen molar-refractivity contribution in [2.75, 3.05) is 19.6 Å². The van der Waals surface area contributed by atoms with E-state index in [-0.39, 0.29) is 11.8 Å². The Morgan fingerprint density at radius 1 is 1.11 bits per heavy atom. The maximum absolute atomic E-state index is 12.8. The molecule has 3 aromatic carbocycles. The van der Waals surface area contributed by atoms with Gasteiger partial charge in [0.1, 0.15) is 0 Å². The molecule has 1 aliphatic rings. The molecule has 4 aromatic rings. The van der Waals surface area contributed by atoms with Gasteiger partial charge in [0.15, 0.2) is 0 Å². The minimum atomic E-state index is 0.0610. The fraction of sp³-hybridized carbons (Fsp3) is 0.345. The summed E-state index contributed by atoms with van der Waals surface area (Å²) in [6.45, 7) is 5.20. The minimum Gasteiger partial charge on any atom is -0.356 e. The van der Waals surface area contributed by atoms with E-state index in [2.05, 4.69) is 85.7 Å². The summed E-state index contributed by atoms with van der Waals surface area (Å²) in [5, 5.41) is 9.90. The highest BCUT2D eigenvalue weighted by atomic mass is 79.9. The average molecular weight is 547 g/mol. The van der Waals surface area contributed by atoms with E-state index in [4.69, 9.17) is 4.52 Å². The van der Waals surface area contributed by atoms with Crippen molar-refractivity contribution < 1.29 is 9.32 Å². The van der Waals surface area contributed by atoms with Gasteiger partial charge in [0.2, 0.25) is 17.6 Å². The van der Waals surface area contributed by atoms with Gasteiger partial charge in [-0.05, 0) is 66.7 Å². The SMILES string of the molecule is CC(CNC(=O)C1CCN(Cc2nc(-c3cccc(Br)c3)no2)CC1)Cc1cccc2ccccc12. The van der Waals surface area contributed by atoms with Gasteiger partial charge in [0.05, 0.1) is 6.54 Å². The number of aromatic nitrogens is 2. The van der Waals surface area contributed by atoms with E-state index in [1.54, 1.807) is 0 Å². The first-order valence-corrected chi connectivity index (χ1v) is 13.4. The second kappa shape index (κ2) is 11.4. The smallest absolute Gasteiger partial charge is 0.241 e. The first kappa shape index (κ1) is 24.7. The summed E-state index contributed by atoms with van der Waals surface area (Å²) in [4.78, 5) is 19.7. The molecule has 0 spiro atoms. The normalized spacial score (nSPS) is 15.7. The highest BCUT2D eigenvalue weighted by molar-refractivity contribution is 9.10.